The predicted octanol–water partition coefficient (Wildman–Crippen LogP) is 3.03. The first kappa shape index (κ1) is 11.7. The van der Waals surface area contributed by atoms with Gasteiger partial charge in [-0.05, 0) is 18.3 Å². The molecule has 0 aromatic carbocycles. The topological polar surface area (TPSA) is 47.6 Å². The van der Waals surface area contributed by atoms with Gasteiger partial charge in [0, 0.05) is 0 Å². The molecule has 2 heteroatoms. The molecular formula is C11H16N2. The van der Waals surface area contributed by atoms with Crippen molar-refractivity contribution in [3.63, 3.8) is 0 Å². The summed E-state index contributed by atoms with van der Waals surface area (Å²) in [6.45, 7) is 9.65. The first-order valence-corrected chi connectivity index (χ1v) is 4.32. The van der Waals surface area contributed by atoms with Crippen molar-refractivity contribution in [3.05, 3.63) is 12.7 Å². The van der Waals surface area contributed by atoms with Crippen molar-refractivity contribution in [1.29, 1.82) is 10.5 Å². The average Bonchev–Trinajstić information content (AvgIpc) is 2.01. The zero-order valence-corrected chi connectivity index (χ0v) is 8.59. The van der Waals surface area contributed by atoms with Crippen molar-refractivity contribution in [2.75, 3.05) is 0 Å². The van der Waals surface area contributed by atoms with E-state index in [1.165, 1.54) is 0 Å². The fourth-order valence-corrected chi connectivity index (χ4v) is 1.42. The summed E-state index contributed by atoms with van der Waals surface area (Å²) < 4.78 is 0. The maximum absolute atomic E-state index is 8.95. The summed E-state index contributed by atoms with van der Waals surface area (Å²) in [6, 6.07) is 4.18. The fraction of sp³-hybridized carbons (Fsp3) is 0.636. The quantitative estimate of drug-likeness (QED) is 0.620. The van der Waals surface area contributed by atoms with Crippen LogP contribution < -0.4 is 0 Å². The molecule has 70 valence electrons. The highest BCUT2D eigenvalue weighted by atomic mass is 14.4. The molecule has 0 aliphatic heterocycles. The second-order valence-corrected chi connectivity index (χ2v) is 4.54. The predicted molar refractivity (Wildman–Crippen MR) is 52.5 cm³/mol. The normalized spacial score (nSPS) is 11.5. The van der Waals surface area contributed by atoms with Gasteiger partial charge in [-0.25, -0.2) is 0 Å². The molecule has 0 aromatic rings. The molecule has 0 rings (SSSR count). The molecule has 0 aliphatic rings. The summed E-state index contributed by atoms with van der Waals surface area (Å²) in [5.74, 6) is 0. The van der Waals surface area contributed by atoms with Crippen LogP contribution in [-0.4, -0.2) is 0 Å². The van der Waals surface area contributed by atoms with Gasteiger partial charge in [-0.2, -0.15) is 10.5 Å². The van der Waals surface area contributed by atoms with E-state index in [0.717, 1.165) is 0 Å². The maximum atomic E-state index is 8.95. The molecule has 0 heterocycles. The van der Waals surface area contributed by atoms with E-state index >= 15 is 0 Å². The lowest BCUT2D eigenvalue weighted by molar-refractivity contribution is 0.284. The van der Waals surface area contributed by atoms with Crippen LogP contribution in [0.25, 0.3) is 0 Å². The first-order valence-electron chi connectivity index (χ1n) is 4.32. The van der Waals surface area contributed by atoms with Gasteiger partial charge in [0.15, 0.2) is 0 Å². The summed E-state index contributed by atoms with van der Waals surface area (Å²) in [4.78, 5) is 0. The Kier molecular flexibility index (Phi) is 3.69. The van der Waals surface area contributed by atoms with Crippen LogP contribution in [0.2, 0.25) is 0 Å². The fourth-order valence-electron chi connectivity index (χ4n) is 1.42. The highest BCUT2D eigenvalue weighted by molar-refractivity contribution is 5.16. The third kappa shape index (κ3) is 3.76. The van der Waals surface area contributed by atoms with Gasteiger partial charge in [0.1, 0.15) is 5.41 Å². The Balaban J connectivity index is 4.73. The summed E-state index contributed by atoms with van der Waals surface area (Å²) in [6.07, 6.45) is 2.66. The number of rotatable bonds is 3. The Morgan fingerprint density at radius 3 is 1.92 bits per heavy atom. The summed E-state index contributed by atoms with van der Waals surface area (Å²) in [7, 11) is 0. The van der Waals surface area contributed by atoms with Crippen molar-refractivity contribution in [2.24, 2.45) is 10.8 Å². The standard InChI is InChI=1S/C11H16N2/c1-5-6-11(8-12,9-13)7-10(2,3)4/h5H,1,6-7H2,2-4H3. The van der Waals surface area contributed by atoms with Gasteiger partial charge < -0.3 is 0 Å². The summed E-state index contributed by atoms with van der Waals surface area (Å²) in [5.41, 5.74) is -0.894. The van der Waals surface area contributed by atoms with E-state index in [9.17, 15) is 0 Å². The molecule has 0 aromatic heterocycles. The van der Waals surface area contributed by atoms with E-state index in [2.05, 4.69) is 18.7 Å². The van der Waals surface area contributed by atoms with E-state index in [-0.39, 0.29) is 5.41 Å². The Morgan fingerprint density at radius 1 is 1.23 bits per heavy atom. The molecule has 0 saturated carbocycles. The zero-order valence-electron chi connectivity index (χ0n) is 8.59. The minimum atomic E-state index is -0.889. The molecule has 0 fully saturated rings. The molecule has 0 spiro atoms. The monoisotopic (exact) mass is 176 g/mol. The average molecular weight is 176 g/mol. The van der Waals surface area contributed by atoms with Crippen molar-refractivity contribution in [3.8, 4) is 12.1 Å². The van der Waals surface area contributed by atoms with Crippen LogP contribution in [0.3, 0.4) is 0 Å². The first-order chi connectivity index (χ1) is 5.89. The van der Waals surface area contributed by atoms with Crippen molar-refractivity contribution in [1.82, 2.24) is 0 Å². The maximum Gasteiger partial charge on any atom is 0.147 e. The Labute approximate surface area is 80.5 Å². The van der Waals surface area contributed by atoms with E-state index in [4.69, 9.17) is 10.5 Å². The molecule has 0 aliphatic carbocycles. The third-order valence-corrected chi connectivity index (χ3v) is 1.75. The molecule has 13 heavy (non-hydrogen) atoms. The Bertz CT molecular complexity index is 243. The molecule has 0 atom stereocenters. The van der Waals surface area contributed by atoms with Gasteiger partial charge in [-0.1, -0.05) is 26.8 Å². The number of nitriles is 2. The Morgan fingerprint density at radius 2 is 1.69 bits per heavy atom. The SMILES string of the molecule is C=CCC(C#N)(C#N)CC(C)(C)C. The van der Waals surface area contributed by atoms with Crippen LogP contribution in [0, 0.1) is 33.5 Å². The zero-order chi connectivity index (χ0) is 10.5. The molecule has 0 radical (unpaired) electrons. The molecule has 0 unspecified atom stereocenters. The van der Waals surface area contributed by atoms with Crippen molar-refractivity contribution < 1.29 is 0 Å². The lowest BCUT2D eigenvalue weighted by Gasteiger charge is -2.26. The minimum absolute atomic E-state index is 0.00549. The largest absolute Gasteiger partial charge is 0.197 e. The number of nitrogens with zero attached hydrogens (tertiary/aromatic N) is 2. The molecule has 2 nitrogen and oxygen atoms in total. The van der Waals surface area contributed by atoms with Gasteiger partial charge in [-0.15, -0.1) is 6.58 Å². The van der Waals surface area contributed by atoms with Crippen LogP contribution in [-0.2, 0) is 0 Å². The summed E-state index contributed by atoms with van der Waals surface area (Å²) in [5, 5.41) is 17.9. The third-order valence-electron chi connectivity index (χ3n) is 1.75. The van der Waals surface area contributed by atoms with Crippen molar-refractivity contribution >= 4 is 0 Å². The van der Waals surface area contributed by atoms with E-state index < -0.39 is 5.41 Å². The molecule has 0 bridgehead atoms. The number of hydrogen-bond donors (Lipinski definition) is 0. The molecular weight excluding hydrogens is 160 g/mol. The minimum Gasteiger partial charge on any atom is -0.197 e. The lowest BCUT2D eigenvalue weighted by atomic mass is 9.74. The van der Waals surface area contributed by atoms with Crippen LogP contribution in [0.5, 0.6) is 0 Å². The van der Waals surface area contributed by atoms with E-state index in [1.807, 2.05) is 20.8 Å². The second kappa shape index (κ2) is 4.10. The molecule has 0 amide bonds. The van der Waals surface area contributed by atoms with Gasteiger partial charge in [0.25, 0.3) is 0 Å². The number of allylic oxidation sites excluding steroid dienone is 1. The lowest BCUT2D eigenvalue weighted by Crippen LogP contribution is -2.23. The smallest absolute Gasteiger partial charge is 0.147 e. The molecule has 0 saturated heterocycles. The second-order valence-electron chi connectivity index (χ2n) is 4.54. The van der Waals surface area contributed by atoms with Crippen LogP contribution in [0.15, 0.2) is 12.7 Å². The van der Waals surface area contributed by atoms with E-state index in [1.54, 1.807) is 6.08 Å². The van der Waals surface area contributed by atoms with Crippen molar-refractivity contribution in [2.45, 2.75) is 33.6 Å². The van der Waals surface area contributed by atoms with Crippen LogP contribution in [0.4, 0.5) is 0 Å². The highest BCUT2D eigenvalue weighted by Crippen LogP contribution is 2.35. The Hall–Kier alpha value is -1.28. The van der Waals surface area contributed by atoms with Gasteiger partial charge in [0.2, 0.25) is 0 Å². The van der Waals surface area contributed by atoms with Gasteiger partial charge in [-0.3, -0.25) is 0 Å². The van der Waals surface area contributed by atoms with Gasteiger partial charge >= 0.3 is 0 Å². The highest BCUT2D eigenvalue weighted by Gasteiger charge is 2.33. The number of hydrogen-bond acceptors (Lipinski definition) is 2. The summed E-state index contributed by atoms with van der Waals surface area (Å²) >= 11 is 0. The van der Waals surface area contributed by atoms with E-state index in [0.29, 0.717) is 12.8 Å². The van der Waals surface area contributed by atoms with Crippen LogP contribution in [0.1, 0.15) is 33.6 Å². The molecule has 0 N–H and O–H groups in total. The van der Waals surface area contributed by atoms with Gasteiger partial charge in [0.05, 0.1) is 12.1 Å². The van der Waals surface area contributed by atoms with Crippen LogP contribution >= 0.6 is 0 Å².